The number of amides is 1. The Labute approximate surface area is 122 Å². The number of hydrogen-bond acceptors (Lipinski definition) is 3. The van der Waals surface area contributed by atoms with Crippen LogP contribution >= 0.6 is 12.4 Å². The largest absolute Gasteiger partial charge is 0.375 e. The monoisotopic (exact) mass is 290 g/mol. The number of ether oxygens (including phenoxy) is 1. The van der Waals surface area contributed by atoms with Crippen LogP contribution in [0.25, 0.3) is 0 Å². The first-order chi connectivity index (χ1) is 8.63. The van der Waals surface area contributed by atoms with Gasteiger partial charge >= 0.3 is 0 Å². The molecule has 4 nitrogen and oxygen atoms in total. The SMILES string of the molecule is CCC1(C)CCN(C(=O)CC2CNCCO2)CC1.Cl. The Kier molecular flexibility index (Phi) is 6.57. The first-order valence-corrected chi connectivity index (χ1v) is 7.23. The number of piperidine rings is 1. The van der Waals surface area contributed by atoms with Crippen molar-refractivity contribution in [1.29, 1.82) is 0 Å². The molecule has 2 aliphatic heterocycles. The molecule has 2 fully saturated rings. The number of nitrogens with one attached hydrogen (secondary N) is 1. The summed E-state index contributed by atoms with van der Waals surface area (Å²) in [5, 5.41) is 3.27. The topological polar surface area (TPSA) is 41.6 Å². The summed E-state index contributed by atoms with van der Waals surface area (Å²) in [5.74, 6) is 0.266. The third-order valence-electron chi connectivity index (χ3n) is 4.58. The second kappa shape index (κ2) is 7.46. The first-order valence-electron chi connectivity index (χ1n) is 7.23. The summed E-state index contributed by atoms with van der Waals surface area (Å²) >= 11 is 0. The van der Waals surface area contributed by atoms with Crippen molar-refractivity contribution in [3.05, 3.63) is 0 Å². The predicted octanol–water partition coefficient (Wildman–Crippen LogP) is 1.83. The van der Waals surface area contributed by atoms with Crippen LogP contribution in [0.15, 0.2) is 0 Å². The van der Waals surface area contributed by atoms with Crippen molar-refractivity contribution in [3.8, 4) is 0 Å². The number of likely N-dealkylation sites (tertiary alicyclic amines) is 1. The lowest BCUT2D eigenvalue weighted by Gasteiger charge is -2.39. The molecule has 1 atom stereocenters. The normalized spacial score (nSPS) is 26.6. The van der Waals surface area contributed by atoms with E-state index in [-0.39, 0.29) is 24.4 Å². The molecule has 0 saturated carbocycles. The summed E-state index contributed by atoms with van der Waals surface area (Å²) < 4.78 is 5.59. The molecule has 112 valence electrons. The van der Waals surface area contributed by atoms with Crippen molar-refractivity contribution in [2.45, 2.75) is 45.6 Å². The van der Waals surface area contributed by atoms with Gasteiger partial charge in [-0.2, -0.15) is 0 Å². The molecule has 0 spiro atoms. The van der Waals surface area contributed by atoms with Crippen LogP contribution in [0.4, 0.5) is 0 Å². The standard InChI is InChI=1S/C14H26N2O2.ClH/c1-3-14(2)4-7-16(8-5-14)13(17)10-12-11-15-6-9-18-12;/h12,15H,3-11H2,1-2H3;1H. The van der Waals surface area contributed by atoms with E-state index in [1.54, 1.807) is 0 Å². The van der Waals surface area contributed by atoms with E-state index in [1.165, 1.54) is 6.42 Å². The van der Waals surface area contributed by atoms with Gasteiger partial charge in [-0.15, -0.1) is 12.4 Å². The van der Waals surface area contributed by atoms with E-state index in [0.717, 1.165) is 45.6 Å². The van der Waals surface area contributed by atoms with Crippen LogP contribution in [-0.4, -0.2) is 49.7 Å². The highest BCUT2D eigenvalue weighted by atomic mass is 35.5. The fourth-order valence-corrected chi connectivity index (χ4v) is 2.72. The molecule has 1 N–H and O–H groups in total. The molecule has 0 radical (unpaired) electrons. The second-order valence-electron chi connectivity index (χ2n) is 5.95. The average molecular weight is 291 g/mol. The fraction of sp³-hybridized carbons (Fsp3) is 0.929. The van der Waals surface area contributed by atoms with Gasteiger partial charge in [-0.25, -0.2) is 0 Å². The first kappa shape index (κ1) is 16.7. The van der Waals surface area contributed by atoms with Gasteiger partial charge in [0.15, 0.2) is 0 Å². The summed E-state index contributed by atoms with van der Waals surface area (Å²) in [6.45, 7) is 8.87. The number of halogens is 1. The van der Waals surface area contributed by atoms with Crippen LogP contribution in [0, 0.1) is 5.41 Å². The van der Waals surface area contributed by atoms with Crippen LogP contribution < -0.4 is 5.32 Å². The summed E-state index contributed by atoms with van der Waals surface area (Å²) in [5.41, 5.74) is 0.444. The molecule has 2 heterocycles. The molecule has 0 aromatic heterocycles. The van der Waals surface area contributed by atoms with Gasteiger partial charge in [0.2, 0.25) is 5.91 Å². The highest BCUT2D eigenvalue weighted by Crippen LogP contribution is 2.34. The van der Waals surface area contributed by atoms with Gasteiger partial charge in [0, 0.05) is 26.2 Å². The predicted molar refractivity (Wildman–Crippen MR) is 78.7 cm³/mol. The van der Waals surface area contributed by atoms with Gasteiger partial charge in [0.25, 0.3) is 0 Å². The van der Waals surface area contributed by atoms with Gasteiger partial charge in [-0.05, 0) is 18.3 Å². The second-order valence-corrected chi connectivity index (χ2v) is 5.95. The molecular weight excluding hydrogens is 264 g/mol. The molecular formula is C14H27ClN2O2. The minimum atomic E-state index is 0. The van der Waals surface area contributed by atoms with Crippen LogP contribution in [0.2, 0.25) is 0 Å². The lowest BCUT2D eigenvalue weighted by Crippen LogP contribution is -2.45. The number of morpholine rings is 1. The molecule has 2 saturated heterocycles. The van der Waals surface area contributed by atoms with Crippen LogP contribution in [-0.2, 0) is 9.53 Å². The zero-order chi connectivity index (χ0) is 13.0. The van der Waals surface area contributed by atoms with Crippen molar-refractivity contribution in [1.82, 2.24) is 10.2 Å². The van der Waals surface area contributed by atoms with E-state index in [0.29, 0.717) is 11.8 Å². The number of carbonyl (C=O) groups excluding carboxylic acids is 1. The van der Waals surface area contributed by atoms with Crippen molar-refractivity contribution in [3.63, 3.8) is 0 Å². The molecule has 0 aliphatic carbocycles. The molecule has 1 unspecified atom stereocenters. The van der Waals surface area contributed by atoms with Crippen molar-refractivity contribution >= 4 is 18.3 Å². The molecule has 0 bridgehead atoms. The number of hydrogen-bond donors (Lipinski definition) is 1. The maximum atomic E-state index is 12.2. The Balaban J connectivity index is 0.00000180. The minimum Gasteiger partial charge on any atom is -0.375 e. The number of nitrogens with zero attached hydrogens (tertiary/aromatic N) is 1. The maximum Gasteiger partial charge on any atom is 0.225 e. The molecule has 1 amide bonds. The van der Waals surface area contributed by atoms with Gasteiger partial charge in [0.1, 0.15) is 0 Å². The van der Waals surface area contributed by atoms with Gasteiger partial charge in [-0.3, -0.25) is 4.79 Å². The maximum absolute atomic E-state index is 12.2. The summed E-state index contributed by atoms with van der Waals surface area (Å²) in [6, 6.07) is 0. The van der Waals surface area contributed by atoms with Crippen LogP contribution in [0.1, 0.15) is 39.5 Å². The summed E-state index contributed by atoms with van der Waals surface area (Å²) in [4.78, 5) is 14.2. The molecule has 0 aromatic rings. The number of rotatable bonds is 3. The molecule has 2 aliphatic rings. The van der Waals surface area contributed by atoms with Crippen molar-refractivity contribution in [2.24, 2.45) is 5.41 Å². The van der Waals surface area contributed by atoms with Gasteiger partial charge < -0.3 is 15.0 Å². The number of carbonyl (C=O) groups is 1. The molecule has 19 heavy (non-hydrogen) atoms. The zero-order valence-corrected chi connectivity index (χ0v) is 12.9. The van der Waals surface area contributed by atoms with Gasteiger partial charge in [0.05, 0.1) is 19.1 Å². The Morgan fingerprint density at radius 3 is 2.63 bits per heavy atom. The van der Waals surface area contributed by atoms with E-state index in [1.807, 2.05) is 4.90 Å². The molecule has 2 rings (SSSR count). The molecule has 5 heteroatoms. The van der Waals surface area contributed by atoms with E-state index in [4.69, 9.17) is 4.74 Å². The van der Waals surface area contributed by atoms with Crippen molar-refractivity contribution < 1.29 is 9.53 Å². The smallest absolute Gasteiger partial charge is 0.225 e. The lowest BCUT2D eigenvalue weighted by atomic mass is 9.78. The lowest BCUT2D eigenvalue weighted by molar-refractivity contribution is -0.136. The van der Waals surface area contributed by atoms with E-state index < -0.39 is 0 Å². The highest BCUT2D eigenvalue weighted by Gasteiger charge is 2.31. The Morgan fingerprint density at radius 1 is 1.42 bits per heavy atom. The summed E-state index contributed by atoms with van der Waals surface area (Å²) in [7, 11) is 0. The highest BCUT2D eigenvalue weighted by molar-refractivity contribution is 5.85. The Hall–Kier alpha value is -0.320. The third-order valence-corrected chi connectivity index (χ3v) is 4.58. The van der Waals surface area contributed by atoms with E-state index >= 15 is 0 Å². The third kappa shape index (κ3) is 4.62. The quantitative estimate of drug-likeness (QED) is 0.862. The summed E-state index contributed by atoms with van der Waals surface area (Å²) in [6.07, 6.45) is 4.10. The molecule has 0 aromatic carbocycles. The average Bonchev–Trinajstić information content (AvgIpc) is 2.40. The van der Waals surface area contributed by atoms with Crippen LogP contribution in [0.5, 0.6) is 0 Å². The van der Waals surface area contributed by atoms with Crippen LogP contribution in [0.3, 0.4) is 0 Å². The Morgan fingerprint density at radius 2 is 2.11 bits per heavy atom. The van der Waals surface area contributed by atoms with E-state index in [2.05, 4.69) is 19.2 Å². The Bertz CT molecular complexity index is 285. The van der Waals surface area contributed by atoms with Crippen molar-refractivity contribution in [2.75, 3.05) is 32.8 Å². The van der Waals surface area contributed by atoms with E-state index in [9.17, 15) is 4.79 Å². The zero-order valence-electron chi connectivity index (χ0n) is 12.1. The minimum absolute atomic E-state index is 0. The van der Waals surface area contributed by atoms with Gasteiger partial charge in [-0.1, -0.05) is 20.3 Å². The fourth-order valence-electron chi connectivity index (χ4n) is 2.72.